The van der Waals surface area contributed by atoms with Gasteiger partial charge < -0.3 is 20.7 Å². The van der Waals surface area contributed by atoms with Crippen LogP contribution in [0.15, 0.2) is 54.6 Å². The van der Waals surface area contributed by atoms with E-state index in [1.807, 2.05) is 0 Å². The van der Waals surface area contributed by atoms with Crippen molar-refractivity contribution in [2.24, 2.45) is 5.73 Å². The summed E-state index contributed by atoms with van der Waals surface area (Å²) in [6.45, 7) is 2.97. The second-order valence-corrected chi connectivity index (χ2v) is 9.10. The Kier molecular flexibility index (Phi) is 5.84. The van der Waals surface area contributed by atoms with Gasteiger partial charge >= 0.3 is 5.97 Å². The SMILES string of the molecule is CC(C)(c1cc(F)ccc1O)C(c1ccc2c(c1)COC2=O)C(O)(C(N)=O)c1cc(F)cc(F)c1. The molecule has 0 spiro atoms. The molecule has 3 aromatic rings. The van der Waals surface area contributed by atoms with Crippen molar-refractivity contribution in [2.75, 3.05) is 0 Å². The van der Waals surface area contributed by atoms with E-state index in [2.05, 4.69) is 0 Å². The molecule has 0 saturated carbocycles. The first-order valence-corrected chi connectivity index (χ1v) is 10.6. The lowest BCUT2D eigenvalue weighted by Gasteiger charge is -2.44. The average Bonchev–Trinajstić information content (AvgIpc) is 3.14. The van der Waals surface area contributed by atoms with Crippen molar-refractivity contribution in [3.8, 4) is 5.75 Å². The van der Waals surface area contributed by atoms with Crippen LogP contribution in [0.5, 0.6) is 5.75 Å². The number of nitrogens with two attached hydrogens (primary N) is 1. The van der Waals surface area contributed by atoms with Crippen LogP contribution in [0.3, 0.4) is 0 Å². The number of ether oxygens (including phenoxy) is 1. The van der Waals surface area contributed by atoms with Gasteiger partial charge in [0.2, 0.25) is 0 Å². The second-order valence-electron chi connectivity index (χ2n) is 9.10. The van der Waals surface area contributed by atoms with Gasteiger partial charge in [0.05, 0.1) is 5.56 Å². The highest BCUT2D eigenvalue weighted by molar-refractivity contribution is 5.93. The average molecular weight is 485 g/mol. The molecule has 1 aliphatic rings. The van der Waals surface area contributed by atoms with Gasteiger partial charge in [-0.25, -0.2) is 18.0 Å². The lowest BCUT2D eigenvalue weighted by Crippen LogP contribution is -2.52. The fraction of sp³-hybridized carbons (Fsp3) is 0.231. The van der Waals surface area contributed by atoms with Crippen LogP contribution in [-0.2, 0) is 27.2 Å². The van der Waals surface area contributed by atoms with Gasteiger partial charge in [-0.15, -0.1) is 0 Å². The van der Waals surface area contributed by atoms with Crippen LogP contribution in [0.4, 0.5) is 13.2 Å². The molecule has 1 aliphatic heterocycles. The van der Waals surface area contributed by atoms with E-state index >= 15 is 0 Å². The summed E-state index contributed by atoms with van der Waals surface area (Å²) in [5, 5.41) is 22.5. The molecular formula is C26H22F3NO5. The molecule has 2 unspecified atom stereocenters. The third kappa shape index (κ3) is 4.01. The van der Waals surface area contributed by atoms with Gasteiger partial charge in [-0.2, -0.15) is 0 Å². The van der Waals surface area contributed by atoms with Crippen molar-refractivity contribution in [1.82, 2.24) is 0 Å². The predicted molar refractivity (Wildman–Crippen MR) is 119 cm³/mol. The number of phenols is 1. The molecule has 4 rings (SSSR count). The minimum absolute atomic E-state index is 0.00637. The number of amides is 1. The number of cyclic esters (lactones) is 1. The van der Waals surface area contributed by atoms with Crippen LogP contribution in [-0.4, -0.2) is 22.1 Å². The highest BCUT2D eigenvalue weighted by atomic mass is 19.1. The number of esters is 1. The molecule has 0 bridgehead atoms. The summed E-state index contributed by atoms with van der Waals surface area (Å²) in [6.07, 6.45) is 0. The van der Waals surface area contributed by atoms with Crippen molar-refractivity contribution in [3.05, 3.63) is 99.9 Å². The Balaban J connectivity index is 2.05. The van der Waals surface area contributed by atoms with Crippen molar-refractivity contribution in [3.63, 3.8) is 0 Å². The zero-order valence-electron chi connectivity index (χ0n) is 18.8. The van der Waals surface area contributed by atoms with Crippen molar-refractivity contribution in [1.29, 1.82) is 0 Å². The minimum atomic E-state index is -2.73. The first-order chi connectivity index (χ1) is 16.4. The number of halogens is 3. The van der Waals surface area contributed by atoms with Crippen LogP contribution in [0.1, 0.15) is 52.4 Å². The van der Waals surface area contributed by atoms with Crippen LogP contribution >= 0.6 is 0 Å². The monoisotopic (exact) mass is 485 g/mol. The number of carbonyl (C=O) groups excluding carboxylic acids is 2. The summed E-state index contributed by atoms with van der Waals surface area (Å²) < 4.78 is 47.7. The molecule has 182 valence electrons. The Morgan fingerprint density at radius 3 is 2.29 bits per heavy atom. The zero-order valence-corrected chi connectivity index (χ0v) is 18.8. The fourth-order valence-corrected chi connectivity index (χ4v) is 4.92. The number of primary amides is 1. The first-order valence-electron chi connectivity index (χ1n) is 10.6. The normalized spacial score (nSPS) is 15.8. The summed E-state index contributed by atoms with van der Waals surface area (Å²) in [4.78, 5) is 24.8. The van der Waals surface area contributed by atoms with Crippen molar-refractivity contribution >= 4 is 11.9 Å². The Labute approximate surface area is 198 Å². The number of hydrogen-bond donors (Lipinski definition) is 3. The van der Waals surface area contributed by atoms with Crippen molar-refractivity contribution < 1.29 is 37.7 Å². The standard InChI is InChI=1S/C26H22F3NO5/c1-25(2,20-11-16(27)4-6-21(20)31)22(13-3-5-19-14(7-13)12-35-23(19)32)26(34,24(30)33)15-8-17(28)10-18(29)9-15/h3-11,22,31,34H,12H2,1-2H3,(H2,30,33). The Morgan fingerprint density at radius 2 is 1.66 bits per heavy atom. The summed E-state index contributed by atoms with van der Waals surface area (Å²) in [5.41, 5.74) is 1.98. The number of rotatable bonds is 6. The minimum Gasteiger partial charge on any atom is -0.508 e. The topological polar surface area (TPSA) is 110 Å². The molecular weight excluding hydrogens is 463 g/mol. The number of aliphatic hydroxyl groups is 1. The molecule has 0 fully saturated rings. The van der Waals surface area contributed by atoms with E-state index < -0.39 is 51.8 Å². The number of hydrogen-bond acceptors (Lipinski definition) is 5. The third-order valence-electron chi connectivity index (χ3n) is 6.51. The van der Waals surface area contributed by atoms with E-state index in [9.17, 15) is 33.0 Å². The molecule has 35 heavy (non-hydrogen) atoms. The van der Waals surface area contributed by atoms with E-state index in [0.29, 0.717) is 11.6 Å². The summed E-state index contributed by atoms with van der Waals surface area (Å²) >= 11 is 0. The molecule has 3 aromatic carbocycles. The number of fused-ring (bicyclic) bond motifs is 1. The van der Waals surface area contributed by atoms with Gasteiger partial charge in [-0.3, -0.25) is 4.79 Å². The predicted octanol–water partition coefficient (Wildman–Crippen LogP) is 3.91. The Morgan fingerprint density at radius 1 is 1.00 bits per heavy atom. The van der Waals surface area contributed by atoms with E-state index in [-0.39, 0.29) is 29.0 Å². The van der Waals surface area contributed by atoms with E-state index in [4.69, 9.17) is 10.5 Å². The smallest absolute Gasteiger partial charge is 0.338 e. The molecule has 1 amide bonds. The molecule has 9 heteroatoms. The number of benzene rings is 3. The second kappa shape index (κ2) is 8.42. The maximum atomic E-state index is 14.2. The summed E-state index contributed by atoms with van der Waals surface area (Å²) in [6, 6.07) is 9.70. The lowest BCUT2D eigenvalue weighted by molar-refractivity contribution is -0.142. The van der Waals surface area contributed by atoms with Gasteiger partial charge in [0.25, 0.3) is 5.91 Å². The van der Waals surface area contributed by atoms with Crippen LogP contribution in [0.25, 0.3) is 0 Å². The highest BCUT2D eigenvalue weighted by Gasteiger charge is 2.53. The zero-order chi connectivity index (χ0) is 25.7. The number of phenolic OH excluding ortho intramolecular Hbond substituents is 1. The van der Waals surface area contributed by atoms with Crippen LogP contribution in [0, 0.1) is 17.5 Å². The molecule has 1 heterocycles. The Hall–Kier alpha value is -3.85. The molecule has 2 atom stereocenters. The van der Waals surface area contributed by atoms with Crippen LogP contribution in [0.2, 0.25) is 0 Å². The maximum Gasteiger partial charge on any atom is 0.338 e. The van der Waals surface area contributed by atoms with E-state index in [1.54, 1.807) is 0 Å². The highest BCUT2D eigenvalue weighted by Crippen LogP contribution is 2.52. The summed E-state index contributed by atoms with van der Waals surface area (Å²) in [7, 11) is 0. The Bertz CT molecular complexity index is 1340. The van der Waals surface area contributed by atoms with Gasteiger partial charge in [-0.1, -0.05) is 26.0 Å². The third-order valence-corrected chi connectivity index (χ3v) is 6.51. The van der Waals surface area contributed by atoms with Gasteiger partial charge in [0, 0.05) is 28.5 Å². The first kappa shape index (κ1) is 24.3. The lowest BCUT2D eigenvalue weighted by atomic mass is 9.60. The largest absolute Gasteiger partial charge is 0.508 e. The molecule has 4 N–H and O–H groups in total. The van der Waals surface area contributed by atoms with Gasteiger partial charge in [0.1, 0.15) is 29.8 Å². The fourth-order valence-electron chi connectivity index (χ4n) is 4.92. The van der Waals surface area contributed by atoms with Crippen LogP contribution < -0.4 is 5.73 Å². The molecule has 6 nitrogen and oxygen atoms in total. The molecule has 0 radical (unpaired) electrons. The maximum absolute atomic E-state index is 14.2. The van der Waals surface area contributed by atoms with E-state index in [1.165, 1.54) is 32.0 Å². The van der Waals surface area contributed by atoms with E-state index in [0.717, 1.165) is 30.3 Å². The number of aromatic hydroxyl groups is 1. The molecule has 0 aromatic heterocycles. The number of carbonyl (C=O) groups is 2. The van der Waals surface area contributed by atoms with Gasteiger partial charge in [0.15, 0.2) is 5.60 Å². The summed E-state index contributed by atoms with van der Waals surface area (Å²) in [5.74, 6) is -6.44. The van der Waals surface area contributed by atoms with Crippen molar-refractivity contribution in [2.45, 2.75) is 37.4 Å². The molecule has 0 aliphatic carbocycles. The van der Waals surface area contributed by atoms with Gasteiger partial charge in [-0.05, 0) is 47.5 Å². The quantitative estimate of drug-likeness (QED) is 0.459. The molecule has 0 saturated heterocycles.